The number of oxime groups is 1. The zero-order chi connectivity index (χ0) is 39.4. The van der Waals surface area contributed by atoms with E-state index in [2.05, 4.69) is 23.7 Å². The molecule has 1 aromatic carbocycles. The summed E-state index contributed by atoms with van der Waals surface area (Å²) in [4.78, 5) is 47.5. The van der Waals surface area contributed by atoms with Gasteiger partial charge in [-0.25, -0.2) is 9.79 Å². The molecule has 3 aliphatic rings. The smallest absolute Gasteiger partial charge is 0.365 e. The van der Waals surface area contributed by atoms with Gasteiger partial charge in [0.05, 0.1) is 5.70 Å². The van der Waals surface area contributed by atoms with Crippen LogP contribution in [0.3, 0.4) is 0 Å². The Morgan fingerprint density at radius 1 is 1.25 bits per heavy atom. The summed E-state index contributed by atoms with van der Waals surface area (Å²) in [7, 11) is -5.20. The molecule has 1 saturated heterocycles. The van der Waals surface area contributed by atoms with E-state index >= 15 is 0 Å². The monoisotopic (exact) mass is 774 g/mol. The number of phenolic OH excluding ortho intramolecular Hbond substituents is 1. The molecule has 5 N–H and O–H groups in total. The number of nitrogens with two attached hydrogens (primary N) is 1. The van der Waals surface area contributed by atoms with Crippen molar-refractivity contribution in [3.63, 3.8) is 0 Å². The number of carboxylic acids is 1. The fourth-order valence-electron chi connectivity index (χ4n) is 6.32. The van der Waals surface area contributed by atoms with Gasteiger partial charge < -0.3 is 30.3 Å². The molecule has 0 radical (unpaired) electrons. The summed E-state index contributed by atoms with van der Waals surface area (Å²) in [6.07, 6.45) is 6.08. The lowest BCUT2D eigenvalue weighted by molar-refractivity contribution is -0.166. The zero-order valence-corrected chi connectivity index (χ0v) is 32.0. The van der Waals surface area contributed by atoms with E-state index in [1.165, 1.54) is 19.9 Å². The van der Waals surface area contributed by atoms with E-state index in [4.69, 9.17) is 32.3 Å². The molecule has 4 rings (SSSR count). The molecule has 0 aromatic heterocycles. The molecule has 2 aliphatic heterocycles. The fourth-order valence-corrected chi connectivity index (χ4v) is 7.32. The third kappa shape index (κ3) is 9.69. The van der Waals surface area contributed by atoms with E-state index in [1.54, 1.807) is 12.1 Å². The van der Waals surface area contributed by atoms with Crippen LogP contribution in [0.1, 0.15) is 96.6 Å². The van der Waals surface area contributed by atoms with Crippen molar-refractivity contribution in [3.05, 3.63) is 58.8 Å². The van der Waals surface area contributed by atoms with E-state index in [9.17, 15) is 37.6 Å². The Morgan fingerprint density at radius 2 is 1.94 bits per heavy atom. The number of thiocarbonyl (C=S) groups is 1. The zero-order valence-electron chi connectivity index (χ0n) is 30.3. The number of carbonyl (C=O) groups is 3. The number of aliphatic carboxylic acids is 1. The van der Waals surface area contributed by atoms with Gasteiger partial charge in [0.25, 0.3) is 0 Å². The Hall–Kier alpha value is -4.61. The highest BCUT2D eigenvalue weighted by molar-refractivity contribution is 7.84. The van der Waals surface area contributed by atoms with Crippen LogP contribution >= 0.6 is 12.2 Å². The number of aromatic hydroxyl groups is 1. The molecule has 2 heterocycles. The molecular formula is C36H46N4O11S2. The van der Waals surface area contributed by atoms with Gasteiger partial charge in [-0.15, -0.1) is 0 Å². The van der Waals surface area contributed by atoms with Crippen molar-refractivity contribution in [3.8, 4) is 11.5 Å². The first-order valence-electron chi connectivity index (χ1n) is 17.2. The van der Waals surface area contributed by atoms with Crippen molar-refractivity contribution in [2.75, 3.05) is 0 Å². The molecule has 0 bridgehead atoms. The predicted molar refractivity (Wildman–Crippen MR) is 200 cm³/mol. The number of ketones is 1. The van der Waals surface area contributed by atoms with Crippen LogP contribution in [0.25, 0.3) is 0 Å². The van der Waals surface area contributed by atoms with Crippen LogP contribution < -0.4 is 10.5 Å². The van der Waals surface area contributed by atoms with Crippen LogP contribution in [0.5, 0.6) is 11.5 Å². The summed E-state index contributed by atoms with van der Waals surface area (Å²) >= 11 is 5.41. The largest absolute Gasteiger partial charge is 0.507 e. The number of unbranched alkanes of at least 4 members (excludes halogenated alkanes) is 2. The van der Waals surface area contributed by atoms with Gasteiger partial charge in [0.15, 0.2) is 11.5 Å². The van der Waals surface area contributed by atoms with Crippen LogP contribution in [-0.2, 0) is 40.7 Å². The van der Waals surface area contributed by atoms with Crippen molar-refractivity contribution in [2.24, 2.45) is 27.7 Å². The lowest BCUT2D eigenvalue weighted by Gasteiger charge is -2.42. The quantitative estimate of drug-likeness (QED) is 0.0321. The SMILES string of the molecule is C=C(C)[C@@H]1CCC(C)=C[C@H]1c1c(O)cc(CCCCC)cc1OC(=S)OC1[C@H](CC(=O)/C(=N\OC(C)(C)C(=O)O)C2=CCC(N)=N2)C(=O)N1S(=O)(=O)O. The number of benzene rings is 1. The number of rotatable bonds is 16. The highest BCUT2D eigenvalue weighted by Gasteiger charge is 2.56. The number of Topliss-reactive ketones (excluding diaryl/α,β-unsaturated/α-hetero) is 1. The molecule has 15 nitrogen and oxygen atoms in total. The normalized spacial score (nSPS) is 21.9. The second-order valence-electron chi connectivity index (χ2n) is 14.0. The van der Waals surface area contributed by atoms with Gasteiger partial charge in [-0.2, -0.15) is 12.7 Å². The van der Waals surface area contributed by atoms with Gasteiger partial charge in [0, 0.05) is 36.5 Å². The number of β-lactam (4-membered cyclic amide) rings is 1. The van der Waals surface area contributed by atoms with Crippen LogP contribution in [0.15, 0.2) is 57.9 Å². The van der Waals surface area contributed by atoms with Crippen LogP contribution in [0, 0.1) is 11.8 Å². The Labute approximate surface area is 314 Å². The first-order valence-corrected chi connectivity index (χ1v) is 19.0. The maximum Gasteiger partial charge on any atom is 0.365 e. The van der Waals surface area contributed by atoms with Crippen molar-refractivity contribution in [2.45, 2.75) is 104 Å². The van der Waals surface area contributed by atoms with Gasteiger partial charge in [-0.3, -0.25) is 14.1 Å². The Kier molecular flexibility index (Phi) is 12.9. The molecule has 4 atom stereocenters. The lowest BCUT2D eigenvalue weighted by Crippen LogP contribution is -2.65. The number of carbonyl (C=O) groups excluding carboxylic acids is 2. The van der Waals surface area contributed by atoms with Gasteiger partial charge in [0.1, 0.15) is 23.3 Å². The Balaban J connectivity index is 1.66. The molecule has 1 unspecified atom stereocenters. The Bertz CT molecular complexity index is 1920. The standard InChI is InChI=1S/C36H46N4O11S2/c1-7-8-9-10-21-16-26(41)30(23-15-20(4)11-12-22(23)19(2)3)28(17-21)49-35(52)50-33-24(32(43)40(33)53(46,47)48)18-27(42)31(25-13-14-29(37)38-25)39-51-36(5,6)34(44)45/h13,15-17,22-24,33,41H,2,7-12,14,18H2,1,3-6H3,(H2,37,38)(H,44,45)(H,46,47,48)/b39-31-/t22-,23+,24+,33?/m0/s1. The molecule has 0 saturated carbocycles. The molecule has 17 heteroatoms. The molecule has 1 aliphatic carbocycles. The van der Waals surface area contributed by atoms with Crippen molar-refractivity contribution < 1.29 is 51.9 Å². The van der Waals surface area contributed by atoms with E-state index in [1.807, 2.05) is 19.9 Å². The van der Waals surface area contributed by atoms with Crippen molar-refractivity contribution >= 4 is 57.0 Å². The average Bonchev–Trinajstić information content (AvgIpc) is 3.48. The first kappa shape index (κ1) is 41.2. The molecule has 1 aromatic rings. The first-order chi connectivity index (χ1) is 24.7. The summed E-state index contributed by atoms with van der Waals surface area (Å²) in [5, 5.41) is 24.0. The maximum atomic E-state index is 13.6. The number of nitrogens with zero attached hydrogens (tertiary/aromatic N) is 3. The Morgan fingerprint density at radius 3 is 2.53 bits per heavy atom. The number of aryl methyl sites for hydroxylation is 1. The number of phenols is 1. The van der Waals surface area contributed by atoms with Crippen molar-refractivity contribution in [1.82, 2.24) is 4.31 Å². The second-order valence-corrected chi connectivity index (χ2v) is 15.6. The maximum absolute atomic E-state index is 13.6. The molecular weight excluding hydrogens is 729 g/mol. The lowest BCUT2D eigenvalue weighted by atomic mass is 9.73. The summed E-state index contributed by atoms with van der Waals surface area (Å²) in [6, 6.07) is 3.41. The summed E-state index contributed by atoms with van der Waals surface area (Å²) in [6.45, 7) is 12.5. The van der Waals surface area contributed by atoms with Crippen LogP contribution in [-0.4, -0.2) is 73.8 Å². The topological polar surface area (TPSA) is 228 Å². The minimum absolute atomic E-state index is 0.0241. The highest BCUT2D eigenvalue weighted by Crippen LogP contribution is 2.47. The summed E-state index contributed by atoms with van der Waals surface area (Å²) in [5.74, 6) is -5.15. The predicted octanol–water partition coefficient (Wildman–Crippen LogP) is 5.25. The average molecular weight is 775 g/mol. The minimum Gasteiger partial charge on any atom is -0.507 e. The minimum atomic E-state index is -5.20. The number of amides is 1. The highest BCUT2D eigenvalue weighted by atomic mass is 32.2. The van der Waals surface area contributed by atoms with Gasteiger partial charge in [0.2, 0.25) is 17.7 Å². The van der Waals surface area contributed by atoms with E-state index < -0.39 is 63.1 Å². The van der Waals surface area contributed by atoms with Crippen molar-refractivity contribution in [1.29, 1.82) is 0 Å². The number of amidine groups is 1. The number of allylic oxidation sites excluding steroid dienone is 4. The number of hydrogen-bond donors (Lipinski definition) is 4. The summed E-state index contributed by atoms with van der Waals surface area (Å²) < 4.78 is 46.2. The van der Waals surface area contributed by atoms with Gasteiger partial charge in [-0.1, -0.05) is 48.7 Å². The van der Waals surface area contributed by atoms with E-state index in [-0.39, 0.29) is 45.6 Å². The number of hydrogen-bond acceptors (Lipinski definition) is 13. The molecule has 288 valence electrons. The van der Waals surface area contributed by atoms with E-state index in [0.29, 0.717) is 12.0 Å². The fraction of sp³-hybridized carbons (Fsp3) is 0.500. The third-order valence-electron chi connectivity index (χ3n) is 9.29. The van der Waals surface area contributed by atoms with E-state index in [0.717, 1.165) is 48.8 Å². The third-order valence-corrected chi connectivity index (χ3v) is 10.4. The van der Waals surface area contributed by atoms with Crippen LogP contribution in [0.2, 0.25) is 0 Å². The summed E-state index contributed by atoms with van der Waals surface area (Å²) in [5.41, 5.74) is 6.57. The number of carboxylic acid groups (broad SMARTS) is 1. The van der Waals surface area contributed by atoms with Gasteiger partial charge >= 0.3 is 21.5 Å². The molecule has 1 amide bonds. The second kappa shape index (κ2) is 16.6. The molecule has 0 spiro atoms. The molecule has 1 fully saturated rings. The number of ether oxygens (including phenoxy) is 2. The number of aliphatic imine (C=N–C) groups is 1. The van der Waals surface area contributed by atoms with Crippen LogP contribution in [0.4, 0.5) is 0 Å². The molecule has 53 heavy (non-hydrogen) atoms. The van der Waals surface area contributed by atoms with Gasteiger partial charge in [-0.05, 0) is 83.1 Å².